The van der Waals surface area contributed by atoms with Crippen molar-refractivity contribution in [2.45, 2.75) is 0 Å². The fourth-order valence-electron chi connectivity index (χ4n) is 1.09. The fourth-order valence-corrected chi connectivity index (χ4v) is 1.25. The molecule has 4 heteroatoms. The summed E-state index contributed by atoms with van der Waals surface area (Å²) in [6.45, 7) is 0. The van der Waals surface area contributed by atoms with E-state index < -0.39 is 0 Å². The zero-order chi connectivity index (χ0) is 9.26. The number of hydrogen-bond donors (Lipinski definition) is 1. The molecule has 0 aliphatic heterocycles. The lowest BCUT2D eigenvalue weighted by Crippen LogP contribution is -1.85. The first kappa shape index (κ1) is 8.26. The van der Waals surface area contributed by atoms with E-state index in [0.717, 1.165) is 0 Å². The molecule has 1 heterocycles. The van der Waals surface area contributed by atoms with E-state index in [-0.39, 0.29) is 5.82 Å². The maximum atomic E-state index is 13.3. The van der Waals surface area contributed by atoms with Crippen molar-refractivity contribution in [1.29, 1.82) is 0 Å². The van der Waals surface area contributed by atoms with Crippen LogP contribution in [0.1, 0.15) is 0 Å². The van der Waals surface area contributed by atoms with Crippen molar-refractivity contribution in [3.05, 3.63) is 41.4 Å². The van der Waals surface area contributed by atoms with Crippen LogP contribution in [-0.4, -0.2) is 9.97 Å². The molecule has 0 amide bonds. The molecule has 66 valence electrons. The van der Waals surface area contributed by atoms with E-state index in [0.29, 0.717) is 16.4 Å². The molecule has 0 spiro atoms. The van der Waals surface area contributed by atoms with Gasteiger partial charge in [0, 0.05) is 17.4 Å². The molecule has 1 N–H and O–H groups in total. The molecule has 0 saturated carbocycles. The number of hydrogen-bond acceptors (Lipinski definition) is 1. The summed E-state index contributed by atoms with van der Waals surface area (Å²) in [6.07, 6.45) is 3.22. The number of aromatic nitrogens is 2. The van der Waals surface area contributed by atoms with Gasteiger partial charge in [0.2, 0.25) is 0 Å². The largest absolute Gasteiger partial charge is 0.345 e. The van der Waals surface area contributed by atoms with E-state index in [2.05, 4.69) is 9.97 Å². The van der Waals surface area contributed by atoms with Crippen molar-refractivity contribution in [1.82, 2.24) is 9.97 Å². The Hall–Kier alpha value is -1.35. The highest BCUT2D eigenvalue weighted by Gasteiger charge is 2.06. The van der Waals surface area contributed by atoms with Crippen LogP contribution in [0.15, 0.2) is 30.6 Å². The molecule has 0 aliphatic carbocycles. The molecule has 0 bridgehead atoms. The summed E-state index contributed by atoms with van der Waals surface area (Å²) in [5, 5.41) is 0.382. The smallest absolute Gasteiger partial charge is 0.140 e. The number of halogens is 2. The lowest BCUT2D eigenvalue weighted by Gasteiger charge is -1.98. The van der Waals surface area contributed by atoms with E-state index in [1.807, 2.05) is 0 Å². The van der Waals surface area contributed by atoms with Gasteiger partial charge in [-0.25, -0.2) is 9.37 Å². The minimum Gasteiger partial charge on any atom is -0.345 e. The van der Waals surface area contributed by atoms with Gasteiger partial charge in [0.15, 0.2) is 0 Å². The van der Waals surface area contributed by atoms with Crippen molar-refractivity contribution in [3.63, 3.8) is 0 Å². The Morgan fingerprint density at radius 1 is 1.38 bits per heavy atom. The molecule has 2 rings (SSSR count). The molecule has 0 saturated heterocycles. The SMILES string of the molecule is Fc1cc(Cl)ccc1-c1ncc[nH]1. The lowest BCUT2D eigenvalue weighted by molar-refractivity contribution is 0.630. The third-order valence-electron chi connectivity index (χ3n) is 1.68. The van der Waals surface area contributed by atoms with Crippen molar-refractivity contribution in [2.24, 2.45) is 0 Å². The van der Waals surface area contributed by atoms with Crippen LogP contribution in [0.3, 0.4) is 0 Å². The van der Waals surface area contributed by atoms with Crippen LogP contribution in [0.25, 0.3) is 11.4 Å². The zero-order valence-corrected chi connectivity index (χ0v) is 7.35. The van der Waals surface area contributed by atoms with Crippen molar-refractivity contribution < 1.29 is 4.39 Å². The van der Waals surface area contributed by atoms with Gasteiger partial charge in [0.1, 0.15) is 11.6 Å². The molecular formula is C9H6ClFN2. The van der Waals surface area contributed by atoms with E-state index in [1.54, 1.807) is 24.5 Å². The van der Waals surface area contributed by atoms with Crippen molar-refractivity contribution >= 4 is 11.6 Å². The molecule has 0 atom stereocenters. The van der Waals surface area contributed by atoms with Gasteiger partial charge < -0.3 is 4.98 Å². The second kappa shape index (κ2) is 3.18. The highest BCUT2D eigenvalue weighted by molar-refractivity contribution is 6.30. The highest BCUT2D eigenvalue weighted by atomic mass is 35.5. The van der Waals surface area contributed by atoms with Crippen LogP contribution in [0.4, 0.5) is 4.39 Å². The Balaban J connectivity index is 2.53. The van der Waals surface area contributed by atoms with Gasteiger partial charge in [0.25, 0.3) is 0 Å². The number of nitrogens with one attached hydrogen (secondary N) is 1. The summed E-state index contributed by atoms with van der Waals surface area (Å²) in [5.74, 6) is 0.136. The maximum absolute atomic E-state index is 13.3. The average molecular weight is 197 g/mol. The normalized spacial score (nSPS) is 10.3. The molecule has 0 radical (unpaired) electrons. The molecule has 0 aliphatic rings. The van der Waals surface area contributed by atoms with Gasteiger partial charge in [-0.05, 0) is 18.2 Å². The van der Waals surface area contributed by atoms with Gasteiger partial charge in [-0.1, -0.05) is 11.6 Å². The highest BCUT2D eigenvalue weighted by Crippen LogP contribution is 2.21. The second-order valence-electron chi connectivity index (χ2n) is 2.56. The van der Waals surface area contributed by atoms with E-state index in [4.69, 9.17) is 11.6 Å². The first-order chi connectivity index (χ1) is 6.27. The number of imidazole rings is 1. The summed E-state index contributed by atoms with van der Waals surface area (Å²) >= 11 is 5.61. The standard InChI is InChI=1S/C9H6ClFN2/c10-6-1-2-7(8(11)5-6)9-12-3-4-13-9/h1-5H,(H,12,13). The Bertz CT molecular complexity index is 412. The molecule has 2 aromatic rings. The van der Waals surface area contributed by atoms with E-state index >= 15 is 0 Å². The molecular weight excluding hydrogens is 191 g/mol. The maximum Gasteiger partial charge on any atom is 0.140 e. The first-order valence-electron chi connectivity index (χ1n) is 3.72. The summed E-state index contributed by atoms with van der Waals surface area (Å²) in [4.78, 5) is 6.76. The summed E-state index contributed by atoms with van der Waals surface area (Å²) in [6, 6.07) is 4.48. The summed E-state index contributed by atoms with van der Waals surface area (Å²) in [5.41, 5.74) is 0.425. The minimum absolute atomic E-state index is 0.373. The van der Waals surface area contributed by atoms with Crippen LogP contribution >= 0.6 is 11.6 Å². The van der Waals surface area contributed by atoms with Crippen molar-refractivity contribution in [3.8, 4) is 11.4 Å². The Kier molecular flexibility index (Phi) is 2.02. The zero-order valence-electron chi connectivity index (χ0n) is 6.59. The number of rotatable bonds is 1. The third-order valence-corrected chi connectivity index (χ3v) is 1.92. The van der Waals surface area contributed by atoms with Gasteiger partial charge in [-0.2, -0.15) is 0 Å². The predicted octanol–water partition coefficient (Wildman–Crippen LogP) is 2.87. The Morgan fingerprint density at radius 2 is 2.23 bits per heavy atom. The Labute approximate surface area is 79.4 Å². The monoisotopic (exact) mass is 196 g/mol. The fraction of sp³-hybridized carbons (Fsp3) is 0. The van der Waals surface area contributed by atoms with Gasteiger partial charge in [-0.3, -0.25) is 0 Å². The molecule has 1 aromatic carbocycles. The first-order valence-corrected chi connectivity index (χ1v) is 4.10. The minimum atomic E-state index is -0.373. The van der Waals surface area contributed by atoms with Gasteiger partial charge in [0.05, 0.1) is 5.56 Å². The molecule has 13 heavy (non-hydrogen) atoms. The molecule has 1 aromatic heterocycles. The van der Waals surface area contributed by atoms with Crippen LogP contribution in [-0.2, 0) is 0 Å². The number of benzene rings is 1. The topological polar surface area (TPSA) is 28.7 Å². The van der Waals surface area contributed by atoms with Crippen LogP contribution in [0, 0.1) is 5.82 Å². The number of H-pyrrole nitrogens is 1. The third kappa shape index (κ3) is 1.55. The number of nitrogens with zero attached hydrogens (tertiary/aromatic N) is 1. The Morgan fingerprint density at radius 3 is 2.85 bits per heavy atom. The van der Waals surface area contributed by atoms with Crippen molar-refractivity contribution in [2.75, 3.05) is 0 Å². The summed E-state index contributed by atoms with van der Waals surface area (Å²) < 4.78 is 13.3. The quantitative estimate of drug-likeness (QED) is 0.747. The van der Waals surface area contributed by atoms with Gasteiger partial charge >= 0.3 is 0 Å². The molecule has 0 fully saturated rings. The number of aromatic amines is 1. The van der Waals surface area contributed by atoms with Gasteiger partial charge in [-0.15, -0.1) is 0 Å². The second-order valence-corrected chi connectivity index (χ2v) is 3.00. The molecule has 2 nitrogen and oxygen atoms in total. The lowest BCUT2D eigenvalue weighted by atomic mass is 10.2. The average Bonchev–Trinajstić information content (AvgIpc) is 2.56. The van der Waals surface area contributed by atoms with Crippen LogP contribution in [0.5, 0.6) is 0 Å². The molecule has 0 unspecified atom stereocenters. The van der Waals surface area contributed by atoms with Crippen LogP contribution < -0.4 is 0 Å². The predicted molar refractivity (Wildman–Crippen MR) is 49.0 cm³/mol. The van der Waals surface area contributed by atoms with Crippen LogP contribution in [0.2, 0.25) is 5.02 Å². The summed E-state index contributed by atoms with van der Waals surface area (Å²) in [7, 11) is 0. The van der Waals surface area contributed by atoms with E-state index in [9.17, 15) is 4.39 Å². The van der Waals surface area contributed by atoms with E-state index in [1.165, 1.54) is 6.07 Å².